The van der Waals surface area contributed by atoms with Crippen LogP contribution in [0, 0.1) is 28.6 Å². The Kier molecular flexibility index (Phi) is 7.87. The maximum absolute atomic E-state index is 13.9. The lowest BCUT2D eigenvalue weighted by Gasteiger charge is -2.33. The summed E-state index contributed by atoms with van der Waals surface area (Å²) in [5.41, 5.74) is 6.33. The van der Waals surface area contributed by atoms with Crippen LogP contribution in [0.2, 0.25) is 0 Å². The van der Waals surface area contributed by atoms with Crippen LogP contribution in [0.15, 0.2) is 42.6 Å². The molecule has 0 atom stereocenters. The Labute approximate surface area is 218 Å². The van der Waals surface area contributed by atoms with E-state index in [9.17, 15) is 23.7 Å². The van der Waals surface area contributed by atoms with E-state index in [4.69, 9.17) is 10.5 Å². The average Bonchev–Trinajstić information content (AvgIpc) is 2.93. The number of hydrogen-bond donors (Lipinski definition) is 2. The van der Waals surface area contributed by atoms with Crippen LogP contribution in [0.1, 0.15) is 36.1 Å². The molecule has 0 unspecified atom stereocenters. The van der Waals surface area contributed by atoms with E-state index in [1.165, 1.54) is 18.2 Å². The summed E-state index contributed by atoms with van der Waals surface area (Å²) in [5.74, 6) is 0.701. The van der Waals surface area contributed by atoms with Gasteiger partial charge in [0.1, 0.15) is 23.7 Å². The Morgan fingerprint density at radius 1 is 1.16 bits per heavy atom. The number of nitriles is 2. The topological polar surface area (TPSA) is 124 Å². The summed E-state index contributed by atoms with van der Waals surface area (Å²) >= 11 is 0. The fourth-order valence-corrected chi connectivity index (χ4v) is 4.54. The maximum Gasteiger partial charge on any atom is 0.419 e. The SMILES string of the molecule is CNc1cc(-c2ccc(OCCC3CCN(c4ncccc4C#N)CC3)c(C(F)(F)F)c2)nc(C#N)c1N. The van der Waals surface area contributed by atoms with Gasteiger partial charge >= 0.3 is 6.18 Å². The van der Waals surface area contributed by atoms with Gasteiger partial charge in [-0.05, 0) is 61.6 Å². The molecule has 4 rings (SSSR count). The zero-order valence-corrected chi connectivity index (χ0v) is 20.7. The van der Waals surface area contributed by atoms with E-state index in [1.54, 1.807) is 25.4 Å². The number of ether oxygens (including phenoxy) is 1. The van der Waals surface area contributed by atoms with Gasteiger partial charge in [0.15, 0.2) is 5.69 Å². The van der Waals surface area contributed by atoms with Gasteiger partial charge in [0.25, 0.3) is 0 Å². The normalized spacial score (nSPS) is 14.0. The molecule has 1 saturated heterocycles. The first-order valence-electron chi connectivity index (χ1n) is 12.1. The second kappa shape index (κ2) is 11.3. The molecule has 0 amide bonds. The standard InChI is InChI=1S/C27H26F3N7O/c1-34-22-14-21(36-23(16-32)25(22)33)18-4-5-24(20(13-18)27(28,29)30)38-12-8-17-6-10-37(11-7-17)26-19(15-31)3-2-9-35-26/h2-5,9,13-14,17H,6-8,10-12,33H2,1H3,(H,34,36). The highest BCUT2D eigenvalue weighted by atomic mass is 19.4. The third-order valence-electron chi connectivity index (χ3n) is 6.62. The van der Waals surface area contributed by atoms with Crippen LogP contribution in [0.5, 0.6) is 5.75 Å². The number of nitrogen functional groups attached to an aromatic ring is 1. The summed E-state index contributed by atoms with van der Waals surface area (Å²) in [5, 5.41) is 21.4. The van der Waals surface area contributed by atoms with Crippen LogP contribution < -0.4 is 20.7 Å². The minimum absolute atomic E-state index is 0.0707. The summed E-state index contributed by atoms with van der Waals surface area (Å²) in [7, 11) is 1.60. The molecule has 8 nitrogen and oxygen atoms in total. The van der Waals surface area contributed by atoms with Gasteiger partial charge in [-0.15, -0.1) is 0 Å². The molecule has 0 saturated carbocycles. The molecule has 38 heavy (non-hydrogen) atoms. The number of nitrogens with zero attached hydrogens (tertiary/aromatic N) is 5. The molecule has 1 fully saturated rings. The van der Waals surface area contributed by atoms with Crippen LogP contribution in [0.4, 0.5) is 30.4 Å². The molecule has 3 heterocycles. The van der Waals surface area contributed by atoms with Gasteiger partial charge in [-0.25, -0.2) is 9.97 Å². The first-order chi connectivity index (χ1) is 18.2. The van der Waals surface area contributed by atoms with Crippen molar-refractivity contribution in [2.24, 2.45) is 5.92 Å². The molecule has 3 aromatic rings. The summed E-state index contributed by atoms with van der Waals surface area (Å²) < 4.78 is 47.4. The van der Waals surface area contributed by atoms with Gasteiger partial charge in [0, 0.05) is 31.9 Å². The zero-order chi connectivity index (χ0) is 27.3. The van der Waals surface area contributed by atoms with Crippen molar-refractivity contribution in [2.75, 3.05) is 42.7 Å². The molecule has 1 aromatic carbocycles. The Bertz CT molecular complexity index is 1390. The van der Waals surface area contributed by atoms with Crippen LogP contribution in [-0.2, 0) is 6.18 Å². The van der Waals surface area contributed by atoms with Gasteiger partial charge < -0.3 is 20.7 Å². The predicted molar refractivity (Wildman–Crippen MR) is 137 cm³/mol. The summed E-state index contributed by atoms with van der Waals surface area (Å²) in [6.45, 7) is 1.57. The third-order valence-corrected chi connectivity index (χ3v) is 6.62. The Morgan fingerprint density at radius 2 is 1.92 bits per heavy atom. The molecule has 1 aliphatic heterocycles. The molecular formula is C27H26F3N7O. The van der Waals surface area contributed by atoms with Crippen molar-refractivity contribution in [1.82, 2.24) is 9.97 Å². The quantitative estimate of drug-likeness (QED) is 0.434. The lowest BCUT2D eigenvalue weighted by atomic mass is 9.93. The van der Waals surface area contributed by atoms with Crippen molar-refractivity contribution in [3.63, 3.8) is 0 Å². The Balaban J connectivity index is 1.43. The van der Waals surface area contributed by atoms with Gasteiger partial charge in [0.2, 0.25) is 0 Å². The zero-order valence-electron chi connectivity index (χ0n) is 20.7. The number of nitrogens with one attached hydrogen (secondary N) is 1. The number of nitrogens with two attached hydrogens (primary N) is 1. The fraction of sp³-hybridized carbons (Fsp3) is 0.333. The van der Waals surface area contributed by atoms with Crippen molar-refractivity contribution in [1.29, 1.82) is 10.5 Å². The molecule has 0 spiro atoms. The first-order valence-corrected chi connectivity index (χ1v) is 12.1. The highest BCUT2D eigenvalue weighted by Gasteiger charge is 2.35. The second-order valence-electron chi connectivity index (χ2n) is 8.94. The average molecular weight is 522 g/mol. The van der Waals surface area contributed by atoms with Crippen molar-refractivity contribution in [3.05, 3.63) is 59.4 Å². The Hall–Kier alpha value is -4.51. The largest absolute Gasteiger partial charge is 0.493 e. The number of piperidine rings is 1. The lowest BCUT2D eigenvalue weighted by Crippen LogP contribution is -2.35. The molecule has 0 bridgehead atoms. The predicted octanol–water partition coefficient (Wildman–Crippen LogP) is 5.22. The first kappa shape index (κ1) is 26.6. The van der Waals surface area contributed by atoms with Crippen molar-refractivity contribution in [2.45, 2.75) is 25.4 Å². The number of pyridine rings is 2. The Morgan fingerprint density at radius 3 is 2.58 bits per heavy atom. The van der Waals surface area contributed by atoms with E-state index in [-0.39, 0.29) is 40.9 Å². The smallest absolute Gasteiger partial charge is 0.419 e. The lowest BCUT2D eigenvalue weighted by molar-refractivity contribution is -0.138. The summed E-state index contributed by atoms with van der Waals surface area (Å²) in [6, 6.07) is 12.7. The molecule has 0 aliphatic carbocycles. The fourth-order valence-electron chi connectivity index (χ4n) is 4.54. The molecule has 3 N–H and O–H groups in total. The summed E-state index contributed by atoms with van der Waals surface area (Å²) in [4.78, 5) is 10.5. The number of aromatic nitrogens is 2. The number of hydrogen-bond acceptors (Lipinski definition) is 8. The van der Waals surface area contributed by atoms with E-state index in [0.717, 1.165) is 18.9 Å². The number of rotatable bonds is 7. The van der Waals surface area contributed by atoms with E-state index in [2.05, 4.69) is 26.3 Å². The van der Waals surface area contributed by atoms with E-state index in [1.807, 2.05) is 6.07 Å². The van der Waals surface area contributed by atoms with Crippen molar-refractivity contribution < 1.29 is 17.9 Å². The summed E-state index contributed by atoms with van der Waals surface area (Å²) in [6.07, 6.45) is -0.724. The van der Waals surface area contributed by atoms with E-state index in [0.29, 0.717) is 36.6 Å². The van der Waals surface area contributed by atoms with Crippen LogP contribution in [0.3, 0.4) is 0 Å². The number of anilines is 3. The second-order valence-corrected chi connectivity index (χ2v) is 8.94. The van der Waals surface area contributed by atoms with E-state index >= 15 is 0 Å². The highest BCUT2D eigenvalue weighted by molar-refractivity contribution is 5.77. The number of halogens is 3. The maximum atomic E-state index is 13.9. The van der Waals surface area contributed by atoms with Crippen molar-refractivity contribution >= 4 is 17.2 Å². The van der Waals surface area contributed by atoms with Gasteiger partial charge in [-0.3, -0.25) is 0 Å². The third kappa shape index (κ3) is 5.73. The molecule has 196 valence electrons. The molecule has 11 heteroatoms. The molecular weight excluding hydrogens is 495 g/mol. The minimum atomic E-state index is -4.64. The molecule has 1 aliphatic rings. The van der Waals surface area contributed by atoms with Crippen molar-refractivity contribution in [3.8, 4) is 29.1 Å². The highest BCUT2D eigenvalue weighted by Crippen LogP contribution is 2.39. The van der Waals surface area contributed by atoms with Gasteiger partial charge in [-0.1, -0.05) is 0 Å². The van der Waals surface area contributed by atoms with E-state index < -0.39 is 11.7 Å². The van der Waals surface area contributed by atoms with Gasteiger partial charge in [0.05, 0.1) is 34.8 Å². The minimum Gasteiger partial charge on any atom is -0.493 e. The molecule has 0 radical (unpaired) electrons. The number of alkyl halides is 3. The van der Waals surface area contributed by atoms with Crippen LogP contribution in [0.25, 0.3) is 11.3 Å². The van der Waals surface area contributed by atoms with Crippen LogP contribution >= 0.6 is 0 Å². The van der Waals surface area contributed by atoms with Crippen LogP contribution in [-0.4, -0.2) is 36.7 Å². The monoisotopic (exact) mass is 521 g/mol. The van der Waals surface area contributed by atoms with Gasteiger partial charge in [-0.2, -0.15) is 23.7 Å². The number of benzene rings is 1. The molecule has 2 aromatic heterocycles.